The van der Waals surface area contributed by atoms with Gasteiger partial charge in [-0.2, -0.15) is 0 Å². The molecule has 214 valence electrons. The van der Waals surface area contributed by atoms with Gasteiger partial charge in [0.15, 0.2) is 0 Å². The number of anilines is 4. The Kier molecular flexibility index (Phi) is 9.56. The highest BCUT2D eigenvalue weighted by Crippen LogP contribution is 2.37. The van der Waals surface area contributed by atoms with E-state index in [-0.39, 0.29) is 22.7 Å². The van der Waals surface area contributed by atoms with E-state index in [2.05, 4.69) is 0 Å². The van der Waals surface area contributed by atoms with Crippen molar-refractivity contribution in [1.82, 2.24) is 0 Å². The minimum Gasteiger partial charge on any atom is -0.755 e. The maximum absolute atomic E-state index is 12.3. The molecule has 2 unspecified atom stereocenters. The van der Waals surface area contributed by atoms with Crippen molar-refractivity contribution in [2.75, 3.05) is 8.61 Å². The highest BCUT2D eigenvalue weighted by atomic mass is 32.2. The number of hydrogen-bond acceptors (Lipinski definition) is 6. The van der Waals surface area contributed by atoms with Crippen molar-refractivity contribution >= 4 is 51.3 Å². The van der Waals surface area contributed by atoms with Crippen LogP contribution in [0.25, 0.3) is 0 Å². The molecule has 9 nitrogen and oxygen atoms in total. The Morgan fingerprint density at radius 1 is 0.756 bits per heavy atom. The Morgan fingerprint density at radius 2 is 1.22 bits per heavy atom. The molecule has 0 amide bonds. The van der Waals surface area contributed by atoms with E-state index >= 15 is 0 Å². The van der Waals surface area contributed by atoms with Crippen LogP contribution in [0.4, 0.5) is 22.7 Å². The normalized spacial score (nSPS) is 12.4. The van der Waals surface area contributed by atoms with E-state index in [9.17, 15) is 27.4 Å². The summed E-state index contributed by atoms with van der Waals surface area (Å²) >= 11 is -5.38. The van der Waals surface area contributed by atoms with Gasteiger partial charge in [-0.05, 0) is 86.5 Å². The second kappa shape index (κ2) is 13.1. The molecule has 0 spiro atoms. The van der Waals surface area contributed by atoms with Crippen molar-refractivity contribution in [1.29, 1.82) is 0 Å². The first kappa shape index (κ1) is 29.9. The van der Waals surface area contributed by atoms with E-state index in [0.717, 1.165) is 27.4 Å². The van der Waals surface area contributed by atoms with Crippen LogP contribution in [0.15, 0.2) is 84.9 Å². The molecule has 4 aromatic rings. The molecule has 0 saturated heterocycles. The summed E-state index contributed by atoms with van der Waals surface area (Å²) in [5.74, 6) is -0.795. The summed E-state index contributed by atoms with van der Waals surface area (Å²) in [6.07, 6.45) is 1.30. The third-order valence-electron chi connectivity index (χ3n) is 6.28. The zero-order valence-electron chi connectivity index (χ0n) is 22.6. The second-order valence-corrected chi connectivity index (χ2v) is 10.9. The van der Waals surface area contributed by atoms with E-state index in [0.29, 0.717) is 23.5 Å². The van der Waals surface area contributed by atoms with Crippen LogP contribution in [0.5, 0.6) is 11.5 Å². The SMILES string of the molecule is CCCc1cc(Oc2ccc(N(c3ccc(C)cc3)S(=O)[O-])c(C(=O)O)c2)ccc1N(c1ccc(C)cc1)S(=O)[O-]. The van der Waals surface area contributed by atoms with Gasteiger partial charge in [0.05, 0.1) is 50.8 Å². The number of nitrogens with zero attached hydrogens (tertiary/aromatic N) is 2. The number of carbonyl (C=O) groups is 1. The number of hydrogen-bond donors (Lipinski definition) is 1. The summed E-state index contributed by atoms with van der Waals surface area (Å²) in [5, 5.41) is 9.92. The first-order valence-electron chi connectivity index (χ1n) is 12.7. The Hall–Kier alpha value is -4.03. The fourth-order valence-electron chi connectivity index (χ4n) is 4.33. The molecule has 0 aromatic heterocycles. The lowest BCUT2D eigenvalue weighted by molar-refractivity contribution is 0.0697. The van der Waals surface area contributed by atoms with Gasteiger partial charge in [0.25, 0.3) is 0 Å². The topological polar surface area (TPSA) is 133 Å². The number of aryl methyl sites for hydroxylation is 3. The molecule has 11 heteroatoms. The van der Waals surface area contributed by atoms with Crippen LogP contribution in [0.2, 0.25) is 0 Å². The largest absolute Gasteiger partial charge is 0.755 e. The van der Waals surface area contributed by atoms with Crippen LogP contribution in [0.3, 0.4) is 0 Å². The van der Waals surface area contributed by atoms with E-state index in [1.54, 1.807) is 54.6 Å². The Bertz CT molecular complexity index is 1590. The van der Waals surface area contributed by atoms with E-state index in [4.69, 9.17) is 4.74 Å². The number of benzene rings is 4. The van der Waals surface area contributed by atoms with Crippen LogP contribution in [-0.4, -0.2) is 28.6 Å². The molecule has 0 aliphatic rings. The van der Waals surface area contributed by atoms with Crippen molar-refractivity contribution in [2.24, 2.45) is 0 Å². The summed E-state index contributed by atoms with van der Waals surface area (Å²) in [4.78, 5) is 12.2. The summed E-state index contributed by atoms with van der Waals surface area (Å²) < 4.78 is 56.9. The fraction of sp³-hybridized carbons (Fsp3) is 0.167. The molecule has 0 heterocycles. The summed E-state index contributed by atoms with van der Waals surface area (Å²) in [6, 6.07) is 22.8. The highest BCUT2D eigenvalue weighted by molar-refractivity contribution is 7.81. The van der Waals surface area contributed by atoms with Gasteiger partial charge in [0, 0.05) is 0 Å². The molecule has 1 N–H and O–H groups in total. The predicted molar refractivity (Wildman–Crippen MR) is 158 cm³/mol. The average molecular weight is 593 g/mol. The number of rotatable bonds is 11. The number of carboxylic acid groups (broad SMARTS) is 1. The molecule has 0 saturated carbocycles. The number of aromatic carboxylic acids is 1. The second-order valence-electron chi connectivity index (χ2n) is 9.32. The Labute approximate surface area is 243 Å². The third kappa shape index (κ3) is 7.01. The van der Waals surface area contributed by atoms with Gasteiger partial charge in [-0.15, -0.1) is 0 Å². The quantitative estimate of drug-likeness (QED) is 0.194. The molecule has 0 fully saturated rings. The van der Waals surface area contributed by atoms with Crippen molar-refractivity contribution < 1.29 is 32.2 Å². The minimum absolute atomic E-state index is 0.0456. The lowest BCUT2D eigenvalue weighted by Gasteiger charge is -2.29. The number of carboxylic acids is 1. The molecule has 41 heavy (non-hydrogen) atoms. The van der Waals surface area contributed by atoms with Gasteiger partial charge in [0.1, 0.15) is 11.5 Å². The van der Waals surface area contributed by atoms with Gasteiger partial charge < -0.3 is 18.9 Å². The van der Waals surface area contributed by atoms with Crippen LogP contribution in [-0.2, 0) is 29.0 Å². The first-order valence-corrected chi connectivity index (χ1v) is 14.8. The van der Waals surface area contributed by atoms with Gasteiger partial charge >= 0.3 is 5.97 Å². The fourth-order valence-corrected chi connectivity index (χ4v) is 5.57. The zero-order valence-corrected chi connectivity index (χ0v) is 24.2. The third-order valence-corrected chi connectivity index (χ3v) is 7.69. The average Bonchev–Trinajstić information content (AvgIpc) is 2.92. The monoisotopic (exact) mass is 592 g/mol. The van der Waals surface area contributed by atoms with Gasteiger partial charge in [-0.25, -0.2) is 4.79 Å². The van der Waals surface area contributed by atoms with Gasteiger partial charge in [-0.3, -0.25) is 17.0 Å². The molecule has 0 aliphatic heterocycles. The molecule has 2 atom stereocenters. The highest BCUT2D eigenvalue weighted by Gasteiger charge is 2.21. The molecule has 0 radical (unpaired) electrons. The van der Waals surface area contributed by atoms with Crippen molar-refractivity contribution in [3.8, 4) is 11.5 Å². The standard InChI is InChI=1S/C30H30N2O7S2/c1-4-5-22-18-25(14-16-28(22)31(40(35)36)23-10-6-20(2)7-11-23)39-26-15-17-29(27(19-26)30(33)34)32(41(37)38)24-12-8-21(3)9-13-24/h6-19H,4-5H2,1-3H3,(H,33,34)(H,35,36)(H,37,38)/p-2. The van der Waals surface area contributed by atoms with Crippen LogP contribution < -0.4 is 13.3 Å². The first-order chi connectivity index (χ1) is 19.6. The zero-order chi connectivity index (χ0) is 29.7. The van der Waals surface area contributed by atoms with E-state index in [1.807, 2.05) is 32.9 Å². The van der Waals surface area contributed by atoms with Gasteiger partial charge in [0.2, 0.25) is 0 Å². The van der Waals surface area contributed by atoms with Crippen molar-refractivity contribution in [2.45, 2.75) is 33.6 Å². The van der Waals surface area contributed by atoms with Crippen LogP contribution >= 0.6 is 0 Å². The molecule has 0 aliphatic carbocycles. The Balaban J connectivity index is 1.70. The lowest BCUT2D eigenvalue weighted by Crippen LogP contribution is -2.22. The van der Waals surface area contributed by atoms with Crippen molar-refractivity contribution in [3.05, 3.63) is 107 Å². The molecule has 4 aromatic carbocycles. The Morgan fingerprint density at radius 3 is 1.68 bits per heavy atom. The minimum atomic E-state index is -2.79. The molecular formula is C30H28N2O7S2-2. The summed E-state index contributed by atoms with van der Waals surface area (Å²) in [5.41, 5.74) is 3.57. The molecule has 4 rings (SSSR count). The van der Waals surface area contributed by atoms with Crippen LogP contribution in [0, 0.1) is 13.8 Å². The maximum Gasteiger partial charge on any atom is 0.337 e. The van der Waals surface area contributed by atoms with E-state index in [1.165, 1.54) is 22.5 Å². The van der Waals surface area contributed by atoms with Gasteiger partial charge in [-0.1, -0.05) is 48.7 Å². The predicted octanol–water partition coefficient (Wildman–Crippen LogP) is 6.61. The summed E-state index contributed by atoms with van der Waals surface area (Å²) in [7, 11) is 0. The molecule has 0 bridgehead atoms. The van der Waals surface area contributed by atoms with E-state index < -0.39 is 28.5 Å². The maximum atomic E-state index is 12.3. The summed E-state index contributed by atoms with van der Waals surface area (Å²) in [6.45, 7) is 5.74. The van der Waals surface area contributed by atoms with Crippen LogP contribution in [0.1, 0.15) is 40.4 Å². The smallest absolute Gasteiger partial charge is 0.337 e. The lowest BCUT2D eigenvalue weighted by atomic mass is 10.1. The number of ether oxygens (including phenoxy) is 1. The van der Waals surface area contributed by atoms with Crippen molar-refractivity contribution in [3.63, 3.8) is 0 Å². The molecular weight excluding hydrogens is 564 g/mol.